The Bertz CT molecular complexity index is 1600. The van der Waals surface area contributed by atoms with Crippen LogP contribution in [0.5, 0.6) is 0 Å². The van der Waals surface area contributed by atoms with Crippen LogP contribution in [0.15, 0.2) is 84.2 Å². The molecule has 240 valence electrons. The lowest BCUT2D eigenvalue weighted by molar-refractivity contribution is 0.476. The van der Waals surface area contributed by atoms with Crippen molar-refractivity contribution >= 4 is 40.8 Å². The summed E-state index contributed by atoms with van der Waals surface area (Å²) in [6, 6.07) is 27.8. The summed E-state index contributed by atoms with van der Waals surface area (Å²) in [7, 11) is -0.0393. The van der Waals surface area contributed by atoms with Crippen LogP contribution in [0.2, 0.25) is 0 Å². The molecule has 46 heavy (non-hydrogen) atoms. The third-order valence-corrected chi connectivity index (χ3v) is 16.0. The molecular formula is C43H53N2P. The summed E-state index contributed by atoms with van der Waals surface area (Å²) in [5, 5.41) is 5.61. The van der Waals surface area contributed by atoms with E-state index in [1.54, 1.807) is 5.82 Å². The average Bonchev–Trinajstić information content (AvgIpc) is 3.54. The molecule has 8 rings (SSSR count). The van der Waals surface area contributed by atoms with Crippen molar-refractivity contribution in [1.29, 1.82) is 0 Å². The molecule has 4 fully saturated rings. The standard InChI is InChI=1S/C43H53N2P/c1-31-15-11-17-33-19-13-26-38(41(31)33)44-29-30-45(39-27-14-20-34-18-12-16-32(2)42(34)39)43(44)37-25-9-10-28-40(37)46(35-21-5-3-6-22-35)36-23-7-4-8-24-36/h11-20,26-27,35-36,40H,3-10,21-25,28-30H2,1-2H3. The van der Waals surface area contributed by atoms with Crippen LogP contribution in [0.4, 0.5) is 11.4 Å². The highest BCUT2D eigenvalue weighted by Crippen LogP contribution is 2.63. The molecule has 1 aliphatic heterocycles. The number of hydrogen-bond acceptors (Lipinski definition) is 2. The fraction of sp³-hybridized carbons (Fsp3) is 0.488. The normalized spacial score (nSPS) is 22.1. The molecular weight excluding hydrogens is 575 g/mol. The van der Waals surface area contributed by atoms with Crippen LogP contribution >= 0.6 is 7.92 Å². The van der Waals surface area contributed by atoms with Gasteiger partial charge in [0.2, 0.25) is 0 Å². The van der Waals surface area contributed by atoms with Crippen molar-refractivity contribution in [2.45, 2.75) is 121 Å². The van der Waals surface area contributed by atoms with E-state index < -0.39 is 0 Å². The van der Waals surface area contributed by atoms with Gasteiger partial charge in [0.1, 0.15) is 5.82 Å². The van der Waals surface area contributed by atoms with Crippen LogP contribution in [0.25, 0.3) is 21.5 Å². The van der Waals surface area contributed by atoms with Crippen LogP contribution in [0.3, 0.4) is 0 Å². The minimum Gasteiger partial charge on any atom is -0.325 e. The van der Waals surface area contributed by atoms with Gasteiger partial charge in [-0.1, -0.05) is 114 Å². The summed E-state index contributed by atoms with van der Waals surface area (Å²) >= 11 is 0. The fourth-order valence-electron chi connectivity index (χ4n) is 9.98. The van der Waals surface area contributed by atoms with Crippen molar-refractivity contribution in [1.82, 2.24) is 0 Å². The minimum absolute atomic E-state index is 0.0393. The zero-order valence-electron chi connectivity index (χ0n) is 28.3. The van der Waals surface area contributed by atoms with Crippen LogP contribution in [-0.4, -0.2) is 30.1 Å². The number of fused-ring (bicyclic) bond motifs is 2. The van der Waals surface area contributed by atoms with Crippen LogP contribution < -0.4 is 9.80 Å². The maximum Gasteiger partial charge on any atom is 0.113 e. The van der Waals surface area contributed by atoms with Gasteiger partial charge < -0.3 is 9.80 Å². The first kappa shape index (κ1) is 30.5. The van der Waals surface area contributed by atoms with Crippen LogP contribution in [0.1, 0.15) is 101 Å². The molecule has 1 atom stereocenters. The van der Waals surface area contributed by atoms with Crippen molar-refractivity contribution in [3.05, 3.63) is 95.3 Å². The van der Waals surface area contributed by atoms with Gasteiger partial charge >= 0.3 is 0 Å². The molecule has 0 aromatic heterocycles. The molecule has 1 heterocycles. The Morgan fingerprint density at radius 1 is 0.522 bits per heavy atom. The van der Waals surface area contributed by atoms with Crippen molar-refractivity contribution in [2.24, 2.45) is 0 Å². The fourth-order valence-corrected chi connectivity index (χ4v) is 14.6. The van der Waals surface area contributed by atoms with E-state index in [-0.39, 0.29) is 7.92 Å². The molecule has 2 nitrogen and oxygen atoms in total. The molecule has 0 radical (unpaired) electrons. The highest BCUT2D eigenvalue weighted by Gasteiger charge is 2.42. The number of hydrogen-bond donors (Lipinski definition) is 0. The molecule has 0 spiro atoms. The van der Waals surface area contributed by atoms with Crippen molar-refractivity contribution < 1.29 is 0 Å². The Morgan fingerprint density at radius 2 is 0.978 bits per heavy atom. The van der Waals surface area contributed by atoms with Gasteiger partial charge in [0, 0.05) is 29.5 Å². The smallest absolute Gasteiger partial charge is 0.113 e. The lowest BCUT2D eigenvalue weighted by atomic mass is 9.93. The average molecular weight is 629 g/mol. The van der Waals surface area contributed by atoms with Gasteiger partial charge in [0.15, 0.2) is 0 Å². The van der Waals surface area contributed by atoms with Crippen molar-refractivity contribution in [3.8, 4) is 0 Å². The zero-order chi connectivity index (χ0) is 31.0. The summed E-state index contributed by atoms with van der Waals surface area (Å²) in [5.74, 6) is 1.57. The molecule has 0 amide bonds. The number of nitrogens with zero attached hydrogens (tertiary/aromatic N) is 2. The maximum atomic E-state index is 2.80. The van der Waals surface area contributed by atoms with Crippen LogP contribution in [0, 0.1) is 13.8 Å². The lowest BCUT2D eigenvalue weighted by Gasteiger charge is -2.46. The summed E-state index contributed by atoms with van der Waals surface area (Å²) in [6.45, 7) is 6.73. The second-order valence-corrected chi connectivity index (χ2v) is 17.8. The van der Waals surface area contributed by atoms with E-state index in [1.807, 2.05) is 5.57 Å². The molecule has 0 bridgehead atoms. The quantitative estimate of drug-likeness (QED) is 0.203. The number of allylic oxidation sites excluding steroid dienone is 1. The van der Waals surface area contributed by atoms with E-state index >= 15 is 0 Å². The summed E-state index contributed by atoms with van der Waals surface area (Å²) in [5.41, 5.74) is 10.2. The summed E-state index contributed by atoms with van der Waals surface area (Å²) in [4.78, 5) is 5.60. The second kappa shape index (κ2) is 13.4. The van der Waals surface area contributed by atoms with E-state index in [2.05, 4.69) is 96.4 Å². The van der Waals surface area contributed by atoms with E-state index in [0.717, 1.165) is 30.1 Å². The van der Waals surface area contributed by atoms with Gasteiger partial charge in [0.25, 0.3) is 0 Å². The van der Waals surface area contributed by atoms with Crippen LogP contribution in [-0.2, 0) is 0 Å². The number of anilines is 2. The Kier molecular flexibility index (Phi) is 8.85. The first-order chi connectivity index (χ1) is 22.7. The summed E-state index contributed by atoms with van der Waals surface area (Å²) in [6.07, 6.45) is 20.3. The SMILES string of the molecule is Cc1cccc2cccc(N3CCN(c4cccc5cccc(C)c45)C3=C3CCCCC3P(C3CCCCC3)C3CCCCC3)c12. The van der Waals surface area contributed by atoms with E-state index in [9.17, 15) is 0 Å². The maximum absolute atomic E-state index is 2.80. The largest absolute Gasteiger partial charge is 0.325 e. The van der Waals surface area contributed by atoms with Gasteiger partial charge in [-0.25, -0.2) is 0 Å². The number of benzene rings is 4. The molecule has 3 saturated carbocycles. The Morgan fingerprint density at radius 3 is 1.48 bits per heavy atom. The Balaban J connectivity index is 1.34. The molecule has 4 aliphatic rings. The predicted molar refractivity (Wildman–Crippen MR) is 202 cm³/mol. The molecule has 4 aromatic rings. The van der Waals surface area contributed by atoms with Gasteiger partial charge in [-0.15, -0.1) is 0 Å². The molecule has 1 saturated heterocycles. The zero-order valence-corrected chi connectivity index (χ0v) is 29.2. The third kappa shape index (κ3) is 5.57. The first-order valence-corrected chi connectivity index (χ1v) is 20.3. The van der Waals surface area contributed by atoms with Crippen molar-refractivity contribution in [2.75, 3.05) is 22.9 Å². The Labute approximate surface area is 279 Å². The summed E-state index contributed by atoms with van der Waals surface area (Å²) < 4.78 is 0. The molecule has 0 N–H and O–H groups in total. The second-order valence-electron chi connectivity index (χ2n) is 14.8. The monoisotopic (exact) mass is 628 g/mol. The van der Waals surface area contributed by atoms with Gasteiger partial charge in [0.05, 0.1) is 11.4 Å². The lowest BCUT2D eigenvalue weighted by Crippen LogP contribution is -2.34. The molecule has 4 aromatic carbocycles. The minimum atomic E-state index is -0.0393. The van der Waals surface area contributed by atoms with Gasteiger partial charge in [-0.05, 0) is 110 Å². The van der Waals surface area contributed by atoms with Gasteiger partial charge in [-0.2, -0.15) is 0 Å². The first-order valence-electron chi connectivity index (χ1n) is 18.7. The molecule has 1 unspecified atom stereocenters. The van der Waals surface area contributed by atoms with Gasteiger partial charge in [-0.3, -0.25) is 0 Å². The third-order valence-electron chi connectivity index (χ3n) is 12.0. The molecule has 3 heteroatoms. The highest BCUT2D eigenvalue weighted by atomic mass is 31.1. The van der Waals surface area contributed by atoms with E-state index in [4.69, 9.17) is 0 Å². The van der Waals surface area contributed by atoms with Crippen molar-refractivity contribution in [3.63, 3.8) is 0 Å². The van der Waals surface area contributed by atoms with E-state index in [0.29, 0.717) is 0 Å². The Hall–Kier alpha value is -2.83. The van der Waals surface area contributed by atoms with E-state index in [1.165, 1.54) is 134 Å². The predicted octanol–water partition coefficient (Wildman–Crippen LogP) is 12.2. The highest BCUT2D eigenvalue weighted by molar-refractivity contribution is 7.60. The molecule has 3 aliphatic carbocycles. The topological polar surface area (TPSA) is 6.48 Å². The number of rotatable bonds is 5. The number of aryl methyl sites for hydroxylation is 2.